The van der Waals surface area contributed by atoms with Gasteiger partial charge in [-0.1, -0.05) is 11.6 Å². The van der Waals surface area contributed by atoms with Crippen LogP contribution in [0.1, 0.15) is 23.2 Å². The average molecular weight is 459 g/mol. The lowest BCUT2D eigenvalue weighted by Gasteiger charge is -2.36. The Balaban J connectivity index is 1.45. The highest BCUT2D eigenvalue weighted by molar-refractivity contribution is 6.31. The molecule has 1 unspecified atom stereocenters. The van der Waals surface area contributed by atoms with E-state index in [1.807, 2.05) is 12.1 Å². The molecule has 2 aromatic carbocycles. The van der Waals surface area contributed by atoms with Gasteiger partial charge in [0.1, 0.15) is 5.82 Å². The van der Waals surface area contributed by atoms with Gasteiger partial charge in [-0.05, 0) is 62.4 Å². The van der Waals surface area contributed by atoms with Gasteiger partial charge in [-0.25, -0.2) is 4.39 Å². The molecule has 4 rings (SSSR count). The molecule has 2 aromatic rings. The number of halogens is 2. The molecular weight excluding hydrogens is 431 g/mol. The first-order valence-electron chi connectivity index (χ1n) is 11.0. The molecule has 32 heavy (non-hydrogen) atoms. The molecular formula is C24H28ClFN4O2. The van der Waals surface area contributed by atoms with E-state index in [4.69, 9.17) is 11.6 Å². The van der Waals surface area contributed by atoms with Crippen LogP contribution in [0.15, 0.2) is 42.5 Å². The zero-order valence-electron chi connectivity index (χ0n) is 18.2. The van der Waals surface area contributed by atoms with Gasteiger partial charge >= 0.3 is 0 Å². The van der Waals surface area contributed by atoms with E-state index in [9.17, 15) is 14.0 Å². The summed E-state index contributed by atoms with van der Waals surface area (Å²) in [6, 6.07) is 11.1. The maximum absolute atomic E-state index is 13.2. The fourth-order valence-corrected chi connectivity index (χ4v) is 4.49. The summed E-state index contributed by atoms with van der Waals surface area (Å²) >= 11 is 6.23. The molecule has 2 heterocycles. The van der Waals surface area contributed by atoms with Gasteiger partial charge in [0.25, 0.3) is 5.91 Å². The Bertz CT molecular complexity index is 976. The number of likely N-dealkylation sites (N-methyl/N-ethyl adjacent to an activating group) is 1. The number of piperazine rings is 1. The molecule has 2 amide bonds. The zero-order valence-corrected chi connectivity index (χ0v) is 18.9. The van der Waals surface area contributed by atoms with Gasteiger partial charge in [0, 0.05) is 49.9 Å². The second-order valence-electron chi connectivity index (χ2n) is 8.54. The lowest BCUT2D eigenvalue weighted by molar-refractivity contribution is -0.121. The van der Waals surface area contributed by atoms with Gasteiger partial charge in [0.15, 0.2) is 0 Å². The first-order valence-corrected chi connectivity index (χ1v) is 11.4. The van der Waals surface area contributed by atoms with Gasteiger partial charge < -0.3 is 20.0 Å². The summed E-state index contributed by atoms with van der Waals surface area (Å²) in [6.07, 6.45) is 1.45. The Labute approximate surface area is 192 Å². The molecule has 6 nitrogen and oxygen atoms in total. The first kappa shape index (κ1) is 22.6. The van der Waals surface area contributed by atoms with Crippen LogP contribution in [-0.4, -0.2) is 67.9 Å². The fraction of sp³-hybridized carbons (Fsp3) is 0.417. The minimum Gasteiger partial charge on any atom is -0.367 e. The summed E-state index contributed by atoms with van der Waals surface area (Å²) in [7, 11) is 2.10. The van der Waals surface area contributed by atoms with Crippen molar-refractivity contribution < 1.29 is 14.0 Å². The maximum Gasteiger partial charge on any atom is 0.253 e. The molecule has 2 aliphatic heterocycles. The van der Waals surface area contributed by atoms with Crippen molar-refractivity contribution in [3.05, 3.63) is 58.9 Å². The summed E-state index contributed by atoms with van der Waals surface area (Å²) in [6.45, 7) is 4.60. The number of nitrogens with one attached hydrogen (secondary N) is 1. The van der Waals surface area contributed by atoms with Gasteiger partial charge in [-0.3, -0.25) is 9.59 Å². The molecule has 1 atom stereocenters. The largest absolute Gasteiger partial charge is 0.367 e. The molecule has 2 aliphatic rings. The summed E-state index contributed by atoms with van der Waals surface area (Å²) in [5.41, 5.74) is 2.10. The smallest absolute Gasteiger partial charge is 0.253 e. The molecule has 0 spiro atoms. The van der Waals surface area contributed by atoms with Crippen LogP contribution in [0.4, 0.5) is 15.8 Å². The molecule has 0 radical (unpaired) electrons. The van der Waals surface area contributed by atoms with E-state index in [0.717, 1.165) is 38.3 Å². The number of hydrogen-bond donors (Lipinski definition) is 1. The summed E-state index contributed by atoms with van der Waals surface area (Å²) in [5.74, 6) is -0.981. The quantitative estimate of drug-likeness (QED) is 0.758. The molecule has 2 saturated heterocycles. The zero-order chi connectivity index (χ0) is 22.7. The van der Waals surface area contributed by atoms with E-state index in [2.05, 4.69) is 22.2 Å². The number of amides is 2. The van der Waals surface area contributed by atoms with E-state index < -0.39 is 0 Å². The summed E-state index contributed by atoms with van der Waals surface area (Å²) in [5, 5.41) is 3.63. The highest BCUT2D eigenvalue weighted by Crippen LogP contribution is 2.31. The van der Waals surface area contributed by atoms with Gasteiger partial charge in [-0.15, -0.1) is 0 Å². The number of carbonyl (C=O) groups is 2. The van der Waals surface area contributed by atoms with Gasteiger partial charge in [-0.2, -0.15) is 0 Å². The summed E-state index contributed by atoms with van der Waals surface area (Å²) in [4.78, 5) is 32.2. The lowest BCUT2D eigenvalue weighted by Crippen LogP contribution is -2.45. The SMILES string of the molecule is CN1CCN(c2ccc(Cl)cc2NC(=O)C2CCCN(C(=O)c3ccc(F)cc3)C2)CC1. The molecule has 2 fully saturated rings. The van der Waals surface area contributed by atoms with Crippen molar-refractivity contribution in [2.75, 3.05) is 56.5 Å². The molecule has 1 N–H and O–H groups in total. The van der Waals surface area contributed by atoms with E-state index in [0.29, 0.717) is 35.8 Å². The van der Waals surface area contributed by atoms with E-state index in [-0.39, 0.29) is 23.5 Å². The van der Waals surface area contributed by atoms with Gasteiger partial charge in [0.05, 0.1) is 17.3 Å². The first-order chi connectivity index (χ1) is 15.4. The van der Waals surface area contributed by atoms with E-state index in [1.54, 1.807) is 11.0 Å². The Hall–Kier alpha value is -2.64. The van der Waals surface area contributed by atoms with E-state index in [1.165, 1.54) is 24.3 Å². The number of carbonyl (C=O) groups excluding carboxylic acids is 2. The number of piperidine rings is 1. The van der Waals surface area contributed by atoms with E-state index >= 15 is 0 Å². The minimum atomic E-state index is -0.380. The van der Waals surface area contributed by atoms with Crippen LogP contribution < -0.4 is 10.2 Å². The number of nitrogens with zero attached hydrogens (tertiary/aromatic N) is 3. The third kappa shape index (κ3) is 5.22. The topological polar surface area (TPSA) is 55.9 Å². The average Bonchev–Trinajstić information content (AvgIpc) is 2.80. The van der Waals surface area contributed by atoms with Crippen LogP contribution in [0.3, 0.4) is 0 Å². The highest BCUT2D eigenvalue weighted by atomic mass is 35.5. The monoisotopic (exact) mass is 458 g/mol. The van der Waals surface area contributed by atoms with Crippen molar-refractivity contribution in [2.24, 2.45) is 5.92 Å². The highest BCUT2D eigenvalue weighted by Gasteiger charge is 2.30. The van der Waals surface area contributed by atoms with Crippen LogP contribution in [0.5, 0.6) is 0 Å². The van der Waals surface area contributed by atoms with Crippen LogP contribution in [0.25, 0.3) is 0 Å². The molecule has 8 heteroatoms. The predicted molar refractivity (Wildman–Crippen MR) is 125 cm³/mol. The third-order valence-corrected chi connectivity index (χ3v) is 6.47. The molecule has 0 aliphatic carbocycles. The Kier molecular flexibility index (Phi) is 6.96. The number of benzene rings is 2. The minimum absolute atomic E-state index is 0.112. The number of hydrogen-bond acceptors (Lipinski definition) is 4. The van der Waals surface area contributed by atoms with Gasteiger partial charge in [0.2, 0.25) is 5.91 Å². The Morgan fingerprint density at radius 3 is 2.47 bits per heavy atom. The Morgan fingerprint density at radius 1 is 1.03 bits per heavy atom. The molecule has 0 saturated carbocycles. The van der Waals surface area contributed by atoms with Crippen LogP contribution in [0, 0.1) is 11.7 Å². The maximum atomic E-state index is 13.2. The second kappa shape index (κ2) is 9.88. The Morgan fingerprint density at radius 2 is 1.75 bits per heavy atom. The van der Waals surface area contributed by atoms with Crippen LogP contribution >= 0.6 is 11.6 Å². The lowest BCUT2D eigenvalue weighted by atomic mass is 9.96. The predicted octanol–water partition coefficient (Wildman–Crippen LogP) is 3.72. The van der Waals surface area contributed by atoms with Crippen LogP contribution in [-0.2, 0) is 4.79 Å². The van der Waals surface area contributed by atoms with Crippen molar-refractivity contribution in [2.45, 2.75) is 12.8 Å². The normalized spacial score (nSPS) is 19.7. The fourth-order valence-electron chi connectivity index (χ4n) is 4.32. The van der Waals surface area contributed by atoms with Crippen molar-refractivity contribution in [3.8, 4) is 0 Å². The van der Waals surface area contributed by atoms with Crippen molar-refractivity contribution in [3.63, 3.8) is 0 Å². The molecule has 0 aromatic heterocycles. The number of likely N-dealkylation sites (tertiary alicyclic amines) is 1. The number of rotatable bonds is 4. The summed E-state index contributed by atoms with van der Waals surface area (Å²) < 4.78 is 13.2. The molecule has 0 bridgehead atoms. The molecule has 170 valence electrons. The van der Waals surface area contributed by atoms with Crippen LogP contribution in [0.2, 0.25) is 5.02 Å². The standard InChI is InChI=1S/C24H28ClFN4O2/c1-28-11-13-29(14-12-28)22-9-6-19(25)15-21(22)27-23(31)18-3-2-10-30(16-18)24(32)17-4-7-20(26)8-5-17/h4-9,15,18H,2-3,10-14,16H2,1H3,(H,27,31). The van der Waals surface area contributed by atoms with Crippen molar-refractivity contribution in [1.82, 2.24) is 9.80 Å². The second-order valence-corrected chi connectivity index (χ2v) is 8.97. The number of anilines is 2. The van der Waals surface area contributed by atoms with Crippen molar-refractivity contribution in [1.29, 1.82) is 0 Å². The third-order valence-electron chi connectivity index (χ3n) is 6.23. The van der Waals surface area contributed by atoms with Crippen molar-refractivity contribution >= 4 is 34.8 Å².